The third-order valence-electron chi connectivity index (χ3n) is 1.48. The van der Waals surface area contributed by atoms with Crippen LogP contribution in [0.5, 0.6) is 0 Å². The Morgan fingerprint density at radius 1 is 1.73 bits per heavy atom. The lowest BCUT2D eigenvalue weighted by Crippen LogP contribution is -2.13. The molecule has 1 rings (SSSR count). The summed E-state index contributed by atoms with van der Waals surface area (Å²) in [5.41, 5.74) is 0.217. The third kappa shape index (κ3) is 1.39. The van der Waals surface area contributed by atoms with Crippen LogP contribution in [0.15, 0.2) is 10.9 Å². The van der Waals surface area contributed by atoms with E-state index in [0.717, 1.165) is 0 Å². The molecule has 0 aliphatic rings. The van der Waals surface area contributed by atoms with Crippen LogP contribution < -0.4 is 5.56 Å². The molecule has 0 fully saturated rings. The highest BCUT2D eigenvalue weighted by atomic mass is 16.1. The summed E-state index contributed by atoms with van der Waals surface area (Å²) in [7, 11) is 0. The molecule has 1 N–H and O–H groups in total. The first-order valence-corrected chi connectivity index (χ1v) is 3.46. The summed E-state index contributed by atoms with van der Waals surface area (Å²) in [5.74, 6) is -0.116. The number of Topliss-reactive ketones (excluding diaryl/α,β-unsaturated/α-hetero) is 1. The number of ketones is 1. The van der Waals surface area contributed by atoms with Crippen LogP contribution in [0.2, 0.25) is 0 Å². The molecule has 60 valence electrons. The fraction of sp³-hybridized carbons (Fsp3) is 0.429. The minimum Gasteiger partial charge on any atom is -0.293 e. The van der Waals surface area contributed by atoms with Gasteiger partial charge >= 0.3 is 0 Å². The number of aromatic amines is 1. The van der Waals surface area contributed by atoms with Gasteiger partial charge in [-0.3, -0.25) is 19.4 Å². The summed E-state index contributed by atoms with van der Waals surface area (Å²) in [6.07, 6.45) is 0. The highest BCUT2D eigenvalue weighted by molar-refractivity contribution is 5.91. The van der Waals surface area contributed by atoms with Crippen LogP contribution in [-0.2, 0) is 6.54 Å². The number of aromatic nitrogens is 2. The lowest BCUT2D eigenvalue weighted by molar-refractivity contribution is 0.101. The first-order valence-electron chi connectivity index (χ1n) is 3.46. The van der Waals surface area contributed by atoms with Crippen LogP contribution in [0, 0.1) is 0 Å². The van der Waals surface area contributed by atoms with Crippen LogP contribution in [0.3, 0.4) is 0 Å². The largest absolute Gasteiger partial charge is 0.293 e. The van der Waals surface area contributed by atoms with Gasteiger partial charge in [0.15, 0.2) is 5.78 Å². The zero-order valence-corrected chi connectivity index (χ0v) is 6.55. The molecule has 0 saturated heterocycles. The Morgan fingerprint density at radius 3 is 2.64 bits per heavy atom. The lowest BCUT2D eigenvalue weighted by atomic mass is 10.3. The second-order valence-electron chi connectivity index (χ2n) is 2.31. The first-order chi connectivity index (χ1) is 5.15. The van der Waals surface area contributed by atoms with Gasteiger partial charge in [0.2, 0.25) is 0 Å². The topological polar surface area (TPSA) is 54.9 Å². The van der Waals surface area contributed by atoms with Gasteiger partial charge in [-0.25, -0.2) is 0 Å². The standard InChI is InChI=1S/C7H10N2O2/c1-3-9-7(11)4-6(8-9)5(2)10/h4,8H,3H2,1-2H3. The Labute approximate surface area is 63.8 Å². The van der Waals surface area contributed by atoms with E-state index in [1.807, 2.05) is 6.92 Å². The van der Waals surface area contributed by atoms with Crippen LogP contribution in [0.1, 0.15) is 24.3 Å². The molecule has 0 aliphatic heterocycles. The Balaban J connectivity index is 3.15. The summed E-state index contributed by atoms with van der Waals surface area (Å²) in [6, 6.07) is 1.31. The third-order valence-corrected chi connectivity index (χ3v) is 1.48. The van der Waals surface area contributed by atoms with Gasteiger partial charge in [-0.05, 0) is 6.92 Å². The molecule has 0 spiro atoms. The van der Waals surface area contributed by atoms with Crippen molar-refractivity contribution in [3.63, 3.8) is 0 Å². The molecule has 4 heteroatoms. The summed E-state index contributed by atoms with van der Waals surface area (Å²) in [5, 5.41) is 2.69. The van der Waals surface area contributed by atoms with E-state index >= 15 is 0 Å². The van der Waals surface area contributed by atoms with Gasteiger partial charge in [0.05, 0.1) is 0 Å². The van der Waals surface area contributed by atoms with Gasteiger partial charge in [0, 0.05) is 19.5 Å². The smallest absolute Gasteiger partial charge is 0.267 e. The summed E-state index contributed by atoms with van der Waals surface area (Å²) in [6.45, 7) is 3.82. The van der Waals surface area contributed by atoms with E-state index in [0.29, 0.717) is 12.2 Å². The van der Waals surface area contributed by atoms with Crippen molar-refractivity contribution < 1.29 is 4.79 Å². The first kappa shape index (κ1) is 7.78. The fourth-order valence-electron chi connectivity index (χ4n) is 0.849. The number of rotatable bonds is 2. The average Bonchev–Trinajstić information content (AvgIpc) is 2.31. The summed E-state index contributed by atoms with van der Waals surface area (Å²) < 4.78 is 1.39. The van der Waals surface area contributed by atoms with Crippen molar-refractivity contribution in [3.05, 3.63) is 22.1 Å². The maximum absolute atomic E-state index is 11.0. The summed E-state index contributed by atoms with van der Waals surface area (Å²) >= 11 is 0. The normalized spacial score (nSPS) is 10.0. The van der Waals surface area contributed by atoms with Crippen LogP contribution in [0.4, 0.5) is 0 Å². The lowest BCUT2D eigenvalue weighted by Gasteiger charge is -1.92. The number of aryl methyl sites for hydroxylation is 1. The van der Waals surface area contributed by atoms with Crippen molar-refractivity contribution in [2.75, 3.05) is 0 Å². The quantitative estimate of drug-likeness (QED) is 0.627. The molecule has 1 heterocycles. The predicted octanol–water partition coefficient (Wildman–Crippen LogP) is 0.399. The van der Waals surface area contributed by atoms with E-state index in [4.69, 9.17) is 0 Å². The molecule has 0 radical (unpaired) electrons. The number of nitrogens with zero attached hydrogens (tertiary/aromatic N) is 1. The Morgan fingerprint density at radius 2 is 2.36 bits per heavy atom. The van der Waals surface area contributed by atoms with Gasteiger partial charge in [-0.15, -0.1) is 0 Å². The van der Waals surface area contributed by atoms with E-state index in [1.165, 1.54) is 17.7 Å². The molecular weight excluding hydrogens is 144 g/mol. The van der Waals surface area contributed by atoms with Crippen molar-refractivity contribution in [1.82, 2.24) is 9.78 Å². The van der Waals surface area contributed by atoms with Gasteiger partial charge < -0.3 is 0 Å². The number of H-pyrrole nitrogens is 1. The molecule has 1 aromatic rings. The Hall–Kier alpha value is -1.32. The van der Waals surface area contributed by atoms with Gasteiger partial charge in [-0.1, -0.05) is 0 Å². The van der Waals surface area contributed by atoms with E-state index in [9.17, 15) is 9.59 Å². The van der Waals surface area contributed by atoms with E-state index in [2.05, 4.69) is 5.10 Å². The maximum Gasteiger partial charge on any atom is 0.267 e. The molecule has 0 atom stereocenters. The number of nitrogens with one attached hydrogen (secondary N) is 1. The Bertz CT molecular complexity index is 321. The number of carbonyl (C=O) groups is 1. The second-order valence-corrected chi connectivity index (χ2v) is 2.31. The molecule has 0 saturated carbocycles. The minimum atomic E-state index is -0.155. The Kier molecular flexibility index (Phi) is 1.94. The van der Waals surface area contributed by atoms with Crippen LogP contribution in [-0.4, -0.2) is 15.6 Å². The molecule has 0 amide bonds. The zero-order valence-electron chi connectivity index (χ0n) is 6.55. The predicted molar refractivity (Wildman–Crippen MR) is 40.7 cm³/mol. The van der Waals surface area contributed by atoms with E-state index < -0.39 is 0 Å². The molecule has 0 bridgehead atoms. The van der Waals surface area contributed by atoms with Crippen molar-refractivity contribution >= 4 is 5.78 Å². The van der Waals surface area contributed by atoms with Crippen molar-refractivity contribution in [2.24, 2.45) is 0 Å². The maximum atomic E-state index is 11.0. The van der Waals surface area contributed by atoms with Crippen molar-refractivity contribution in [2.45, 2.75) is 20.4 Å². The number of hydrogen-bond acceptors (Lipinski definition) is 2. The molecular formula is C7H10N2O2. The molecule has 0 aromatic carbocycles. The highest BCUT2D eigenvalue weighted by Crippen LogP contribution is 1.90. The number of carbonyl (C=O) groups excluding carboxylic acids is 1. The average molecular weight is 154 g/mol. The second kappa shape index (κ2) is 2.74. The molecule has 4 nitrogen and oxygen atoms in total. The molecule has 1 aromatic heterocycles. The summed E-state index contributed by atoms with van der Waals surface area (Å²) in [4.78, 5) is 21.7. The molecule has 0 unspecified atom stereocenters. The zero-order chi connectivity index (χ0) is 8.43. The fourth-order valence-corrected chi connectivity index (χ4v) is 0.849. The van der Waals surface area contributed by atoms with Gasteiger partial charge in [0.25, 0.3) is 5.56 Å². The van der Waals surface area contributed by atoms with Crippen LogP contribution in [0.25, 0.3) is 0 Å². The van der Waals surface area contributed by atoms with Crippen molar-refractivity contribution in [1.29, 1.82) is 0 Å². The number of hydrogen-bond donors (Lipinski definition) is 1. The van der Waals surface area contributed by atoms with E-state index in [1.54, 1.807) is 0 Å². The van der Waals surface area contributed by atoms with Gasteiger partial charge in [-0.2, -0.15) is 0 Å². The SMILES string of the molecule is CCn1[nH]c(C(C)=O)cc1=O. The monoisotopic (exact) mass is 154 g/mol. The van der Waals surface area contributed by atoms with Crippen LogP contribution >= 0.6 is 0 Å². The van der Waals surface area contributed by atoms with E-state index in [-0.39, 0.29) is 11.3 Å². The molecule has 11 heavy (non-hydrogen) atoms. The minimum absolute atomic E-state index is 0.116. The molecule has 0 aliphatic carbocycles. The van der Waals surface area contributed by atoms with Gasteiger partial charge in [0.1, 0.15) is 5.69 Å². The van der Waals surface area contributed by atoms with Crippen molar-refractivity contribution in [3.8, 4) is 0 Å². The highest BCUT2D eigenvalue weighted by Gasteiger charge is 2.03.